The van der Waals surface area contributed by atoms with Gasteiger partial charge in [-0.2, -0.15) is 0 Å². The number of rotatable bonds is 2. The molecule has 0 nitrogen and oxygen atoms in total. The molecule has 1 aliphatic carbocycles. The van der Waals surface area contributed by atoms with Gasteiger partial charge < -0.3 is 0 Å². The summed E-state index contributed by atoms with van der Waals surface area (Å²) in [6.07, 6.45) is 6.00. The molecule has 0 unspecified atom stereocenters. The molecule has 0 heterocycles. The molecular formula is C14H22Si. The van der Waals surface area contributed by atoms with Gasteiger partial charge in [0.2, 0.25) is 0 Å². The number of hydrogen-bond donors (Lipinski definition) is 0. The second-order valence-corrected chi connectivity index (χ2v) is 7.50. The highest BCUT2D eigenvalue weighted by molar-refractivity contribution is 6.56. The molecule has 1 fully saturated rings. The highest BCUT2D eigenvalue weighted by Gasteiger charge is 2.17. The van der Waals surface area contributed by atoms with Crippen LogP contribution >= 0.6 is 0 Å². The molecule has 15 heavy (non-hydrogen) atoms. The van der Waals surface area contributed by atoms with E-state index in [9.17, 15) is 0 Å². The molecule has 0 atom stereocenters. The predicted molar refractivity (Wildman–Crippen MR) is 71.0 cm³/mol. The SMILES string of the molecule is Cc1cc(C)c([SiH2]C2CCCC2)c(C)c1. The van der Waals surface area contributed by atoms with Crippen molar-refractivity contribution < 1.29 is 0 Å². The van der Waals surface area contributed by atoms with Gasteiger partial charge in [-0.25, -0.2) is 0 Å². The van der Waals surface area contributed by atoms with Crippen molar-refractivity contribution in [3.05, 3.63) is 28.8 Å². The highest BCUT2D eigenvalue weighted by atomic mass is 28.2. The molecule has 0 aliphatic heterocycles. The summed E-state index contributed by atoms with van der Waals surface area (Å²) in [6.45, 7) is 6.81. The summed E-state index contributed by atoms with van der Waals surface area (Å²) in [4.78, 5) is 0. The lowest BCUT2D eigenvalue weighted by Gasteiger charge is -2.14. The van der Waals surface area contributed by atoms with Crippen molar-refractivity contribution in [1.82, 2.24) is 0 Å². The molecule has 1 aromatic rings. The van der Waals surface area contributed by atoms with Crippen molar-refractivity contribution >= 4 is 14.7 Å². The van der Waals surface area contributed by atoms with E-state index in [2.05, 4.69) is 32.9 Å². The van der Waals surface area contributed by atoms with Gasteiger partial charge >= 0.3 is 0 Å². The third-order valence-corrected chi connectivity index (χ3v) is 6.73. The van der Waals surface area contributed by atoms with Crippen LogP contribution in [0, 0.1) is 20.8 Å². The third-order valence-electron chi connectivity index (χ3n) is 3.81. The van der Waals surface area contributed by atoms with E-state index in [4.69, 9.17) is 0 Å². The zero-order chi connectivity index (χ0) is 10.8. The molecule has 0 saturated heterocycles. The van der Waals surface area contributed by atoms with E-state index in [0.717, 1.165) is 5.54 Å². The first-order chi connectivity index (χ1) is 7.16. The normalized spacial score (nSPS) is 18.1. The van der Waals surface area contributed by atoms with Crippen molar-refractivity contribution in [2.75, 3.05) is 0 Å². The maximum atomic E-state index is 2.37. The number of hydrogen-bond acceptors (Lipinski definition) is 0. The average Bonchev–Trinajstić information content (AvgIpc) is 2.63. The first kappa shape index (κ1) is 10.9. The molecule has 0 radical (unpaired) electrons. The van der Waals surface area contributed by atoms with Crippen LogP contribution in [0.2, 0.25) is 5.54 Å². The minimum atomic E-state index is -0.00883. The van der Waals surface area contributed by atoms with E-state index in [1.54, 1.807) is 16.3 Å². The minimum absolute atomic E-state index is 0.00883. The molecule has 0 amide bonds. The molecule has 82 valence electrons. The third kappa shape index (κ3) is 2.51. The van der Waals surface area contributed by atoms with Crippen LogP contribution in [0.15, 0.2) is 12.1 Å². The molecule has 1 heteroatoms. The quantitative estimate of drug-likeness (QED) is 0.670. The monoisotopic (exact) mass is 218 g/mol. The van der Waals surface area contributed by atoms with Gasteiger partial charge in [0, 0.05) is 0 Å². The lowest BCUT2D eigenvalue weighted by Crippen LogP contribution is -2.24. The number of benzene rings is 1. The average molecular weight is 218 g/mol. The van der Waals surface area contributed by atoms with E-state index >= 15 is 0 Å². The van der Waals surface area contributed by atoms with Crippen molar-refractivity contribution in [3.63, 3.8) is 0 Å². The number of aryl methyl sites for hydroxylation is 3. The van der Waals surface area contributed by atoms with Crippen LogP contribution < -0.4 is 5.19 Å². The van der Waals surface area contributed by atoms with Crippen LogP contribution in [0.4, 0.5) is 0 Å². The Bertz CT molecular complexity index is 325. The van der Waals surface area contributed by atoms with Crippen LogP contribution in [-0.4, -0.2) is 9.52 Å². The van der Waals surface area contributed by atoms with E-state index in [-0.39, 0.29) is 9.52 Å². The lowest BCUT2D eigenvalue weighted by molar-refractivity contribution is 0.872. The Kier molecular flexibility index (Phi) is 3.30. The first-order valence-corrected chi connectivity index (χ1v) is 7.76. The van der Waals surface area contributed by atoms with Crippen LogP contribution in [0.25, 0.3) is 0 Å². The van der Waals surface area contributed by atoms with Crippen LogP contribution in [0.1, 0.15) is 42.4 Å². The fraction of sp³-hybridized carbons (Fsp3) is 0.571. The standard InChI is InChI=1S/C14H22Si/c1-10-8-11(2)14(12(3)9-10)15-13-6-4-5-7-13/h8-9,13H,4-7,15H2,1-3H3. The Balaban J connectivity index is 2.19. The van der Waals surface area contributed by atoms with Crippen LogP contribution in [-0.2, 0) is 0 Å². The maximum absolute atomic E-state index is 2.37. The molecule has 1 aromatic carbocycles. The smallest absolute Gasteiger partial charge is 0.0585 e. The Morgan fingerprint density at radius 1 is 1.00 bits per heavy atom. The van der Waals surface area contributed by atoms with Gasteiger partial charge in [0.05, 0.1) is 9.52 Å². The highest BCUT2D eigenvalue weighted by Crippen LogP contribution is 2.29. The molecule has 0 N–H and O–H groups in total. The fourth-order valence-corrected chi connectivity index (χ4v) is 5.45. The molecule has 2 rings (SSSR count). The summed E-state index contributed by atoms with van der Waals surface area (Å²) >= 11 is 0. The Labute approximate surface area is 95.9 Å². The molecule has 0 spiro atoms. The van der Waals surface area contributed by atoms with Crippen LogP contribution in [0.5, 0.6) is 0 Å². The molecular weight excluding hydrogens is 196 g/mol. The lowest BCUT2D eigenvalue weighted by atomic mass is 10.1. The van der Waals surface area contributed by atoms with Gasteiger partial charge in [-0.3, -0.25) is 0 Å². The van der Waals surface area contributed by atoms with Gasteiger partial charge in [-0.05, 0) is 26.3 Å². The predicted octanol–water partition coefficient (Wildman–Crippen LogP) is 2.77. The van der Waals surface area contributed by atoms with E-state index in [0.29, 0.717) is 0 Å². The summed E-state index contributed by atoms with van der Waals surface area (Å²) in [5.41, 5.74) is 5.65. The zero-order valence-corrected chi connectivity index (χ0v) is 11.7. The first-order valence-electron chi connectivity index (χ1n) is 6.23. The Morgan fingerprint density at radius 3 is 2.07 bits per heavy atom. The van der Waals surface area contributed by atoms with E-state index < -0.39 is 0 Å². The molecule has 1 saturated carbocycles. The Morgan fingerprint density at radius 2 is 1.53 bits per heavy atom. The van der Waals surface area contributed by atoms with Gasteiger partial charge in [0.15, 0.2) is 0 Å². The van der Waals surface area contributed by atoms with Crippen molar-refractivity contribution in [3.8, 4) is 0 Å². The minimum Gasteiger partial charge on any atom is -0.0609 e. The van der Waals surface area contributed by atoms with Crippen molar-refractivity contribution in [1.29, 1.82) is 0 Å². The van der Waals surface area contributed by atoms with Gasteiger partial charge in [0.25, 0.3) is 0 Å². The summed E-state index contributed by atoms with van der Waals surface area (Å²) in [6, 6.07) is 4.73. The summed E-state index contributed by atoms with van der Waals surface area (Å²) < 4.78 is 0. The summed E-state index contributed by atoms with van der Waals surface area (Å²) in [7, 11) is -0.00883. The van der Waals surface area contributed by atoms with E-state index in [1.807, 2.05) is 0 Å². The van der Waals surface area contributed by atoms with Crippen molar-refractivity contribution in [2.24, 2.45) is 0 Å². The largest absolute Gasteiger partial charge is 0.0609 e. The molecule has 0 aromatic heterocycles. The zero-order valence-electron chi connectivity index (χ0n) is 10.3. The molecule has 0 bridgehead atoms. The van der Waals surface area contributed by atoms with Gasteiger partial charge in [-0.15, -0.1) is 0 Å². The van der Waals surface area contributed by atoms with E-state index in [1.165, 1.54) is 31.2 Å². The van der Waals surface area contributed by atoms with Crippen molar-refractivity contribution in [2.45, 2.75) is 52.0 Å². The fourth-order valence-electron chi connectivity index (χ4n) is 3.04. The second-order valence-electron chi connectivity index (χ2n) is 5.23. The molecule has 1 aliphatic rings. The van der Waals surface area contributed by atoms with Gasteiger partial charge in [0.1, 0.15) is 0 Å². The topological polar surface area (TPSA) is 0 Å². The Hall–Kier alpha value is -0.563. The van der Waals surface area contributed by atoms with Gasteiger partial charge in [-0.1, -0.05) is 59.7 Å². The summed E-state index contributed by atoms with van der Waals surface area (Å²) in [5, 5.41) is 1.76. The second kappa shape index (κ2) is 4.52. The van der Waals surface area contributed by atoms with Crippen LogP contribution in [0.3, 0.4) is 0 Å². The maximum Gasteiger partial charge on any atom is 0.0585 e. The summed E-state index contributed by atoms with van der Waals surface area (Å²) in [5.74, 6) is 0.